The van der Waals surface area contributed by atoms with Crippen LogP contribution in [0, 0.1) is 0 Å². The van der Waals surface area contributed by atoms with E-state index in [1.54, 1.807) is 0 Å². The Balaban J connectivity index is 3.00. The topological polar surface area (TPSA) is 74.6 Å². The van der Waals surface area contributed by atoms with Crippen LogP contribution in [0.25, 0.3) is 0 Å². The van der Waals surface area contributed by atoms with Crippen LogP contribution in [0.4, 0.5) is 0 Å². The molecule has 0 amide bonds. The number of carbonyl (C=O) groups excluding carboxylic acids is 1. The van der Waals surface area contributed by atoms with Crippen molar-refractivity contribution in [2.75, 3.05) is 0 Å². The monoisotopic (exact) mass is 194 g/mol. The van der Waals surface area contributed by atoms with E-state index in [1.807, 2.05) is 0 Å². The number of carboxylic acid groups (broad SMARTS) is 1. The number of rotatable bonds is 3. The van der Waals surface area contributed by atoms with E-state index in [1.165, 1.54) is 25.1 Å². The Morgan fingerprint density at radius 3 is 2.43 bits per heavy atom. The van der Waals surface area contributed by atoms with Gasteiger partial charge in [-0.25, -0.2) is 0 Å². The van der Waals surface area contributed by atoms with Crippen LogP contribution in [0.5, 0.6) is 5.75 Å². The predicted octanol–water partition coefficient (Wildman–Crippen LogP) is 1.22. The third kappa shape index (κ3) is 2.32. The number of benzene rings is 1. The van der Waals surface area contributed by atoms with Gasteiger partial charge >= 0.3 is 5.97 Å². The standard InChI is InChI=1S/C10H10O4/c1-6(11)8-3-2-7(4-9(8)12)5-10(13)14/h2-4,12H,5H2,1H3,(H,13,14). The summed E-state index contributed by atoms with van der Waals surface area (Å²) in [6, 6.07) is 4.24. The smallest absolute Gasteiger partial charge is 0.307 e. The van der Waals surface area contributed by atoms with E-state index in [2.05, 4.69) is 0 Å². The summed E-state index contributed by atoms with van der Waals surface area (Å²) < 4.78 is 0. The molecule has 0 aliphatic carbocycles. The van der Waals surface area contributed by atoms with Gasteiger partial charge in [0.1, 0.15) is 5.75 Å². The van der Waals surface area contributed by atoms with Crippen molar-refractivity contribution in [3.05, 3.63) is 29.3 Å². The van der Waals surface area contributed by atoms with E-state index in [9.17, 15) is 14.7 Å². The fraction of sp³-hybridized carbons (Fsp3) is 0.200. The highest BCUT2D eigenvalue weighted by Gasteiger charge is 2.08. The van der Waals surface area contributed by atoms with Gasteiger partial charge in [0, 0.05) is 0 Å². The molecule has 0 fully saturated rings. The molecule has 0 spiro atoms. The van der Waals surface area contributed by atoms with E-state index in [-0.39, 0.29) is 23.5 Å². The minimum atomic E-state index is -0.972. The average Bonchev–Trinajstić information content (AvgIpc) is 2.01. The van der Waals surface area contributed by atoms with Gasteiger partial charge in [0.15, 0.2) is 5.78 Å². The lowest BCUT2D eigenvalue weighted by Gasteiger charge is -2.02. The maximum Gasteiger partial charge on any atom is 0.307 e. The predicted molar refractivity (Wildman–Crippen MR) is 49.5 cm³/mol. The van der Waals surface area contributed by atoms with Crippen molar-refractivity contribution in [2.45, 2.75) is 13.3 Å². The molecule has 0 bridgehead atoms. The van der Waals surface area contributed by atoms with Crippen LogP contribution >= 0.6 is 0 Å². The molecule has 0 aliphatic rings. The van der Waals surface area contributed by atoms with E-state index in [0.29, 0.717) is 5.56 Å². The maximum atomic E-state index is 10.9. The van der Waals surface area contributed by atoms with Crippen molar-refractivity contribution < 1.29 is 19.8 Å². The summed E-state index contributed by atoms with van der Waals surface area (Å²) in [7, 11) is 0. The Morgan fingerprint density at radius 1 is 1.36 bits per heavy atom. The van der Waals surface area contributed by atoms with Gasteiger partial charge in [0.2, 0.25) is 0 Å². The van der Waals surface area contributed by atoms with Gasteiger partial charge in [-0.15, -0.1) is 0 Å². The molecule has 0 aromatic heterocycles. The number of carbonyl (C=O) groups is 2. The molecule has 1 rings (SSSR count). The van der Waals surface area contributed by atoms with E-state index >= 15 is 0 Å². The molecule has 0 unspecified atom stereocenters. The van der Waals surface area contributed by atoms with E-state index in [0.717, 1.165) is 0 Å². The molecule has 1 aromatic carbocycles. The van der Waals surface area contributed by atoms with Crippen LogP contribution in [-0.4, -0.2) is 22.0 Å². The summed E-state index contributed by atoms with van der Waals surface area (Å²) in [5.41, 5.74) is 0.680. The van der Waals surface area contributed by atoms with Crippen molar-refractivity contribution in [3.63, 3.8) is 0 Å². The number of carboxylic acids is 1. The van der Waals surface area contributed by atoms with E-state index < -0.39 is 5.97 Å². The summed E-state index contributed by atoms with van der Waals surface area (Å²) in [6.45, 7) is 1.34. The zero-order chi connectivity index (χ0) is 10.7. The first-order valence-corrected chi connectivity index (χ1v) is 4.05. The Morgan fingerprint density at radius 2 is 2.00 bits per heavy atom. The summed E-state index contributed by atoms with van der Waals surface area (Å²) in [5, 5.41) is 17.8. The van der Waals surface area contributed by atoms with Gasteiger partial charge in [-0.1, -0.05) is 6.07 Å². The SMILES string of the molecule is CC(=O)c1ccc(CC(=O)O)cc1O. The molecule has 0 saturated carbocycles. The molecule has 0 atom stereocenters. The molecular formula is C10H10O4. The highest BCUT2D eigenvalue weighted by Crippen LogP contribution is 2.19. The first-order valence-electron chi connectivity index (χ1n) is 4.05. The van der Waals surface area contributed by atoms with Crippen LogP contribution in [0.15, 0.2) is 18.2 Å². The molecular weight excluding hydrogens is 184 g/mol. The number of ketones is 1. The van der Waals surface area contributed by atoms with Gasteiger partial charge in [-0.2, -0.15) is 0 Å². The van der Waals surface area contributed by atoms with Crippen LogP contribution in [0.3, 0.4) is 0 Å². The first-order chi connectivity index (χ1) is 6.50. The van der Waals surface area contributed by atoms with Gasteiger partial charge in [0.25, 0.3) is 0 Å². The molecule has 14 heavy (non-hydrogen) atoms. The Labute approximate surface area is 80.8 Å². The van der Waals surface area contributed by atoms with Crippen LogP contribution in [-0.2, 0) is 11.2 Å². The minimum absolute atomic E-state index is 0.161. The zero-order valence-corrected chi connectivity index (χ0v) is 7.65. The van der Waals surface area contributed by atoms with Gasteiger partial charge < -0.3 is 10.2 Å². The summed E-state index contributed by atoms with van der Waals surface area (Å²) in [6.07, 6.45) is -0.161. The molecule has 0 heterocycles. The highest BCUT2D eigenvalue weighted by molar-refractivity contribution is 5.96. The second kappa shape index (κ2) is 3.91. The number of hydrogen-bond acceptors (Lipinski definition) is 3. The number of phenols is 1. The third-order valence-electron chi connectivity index (χ3n) is 1.80. The van der Waals surface area contributed by atoms with Crippen LogP contribution in [0.1, 0.15) is 22.8 Å². The van der Waals surface area contributed by atoms with Crippen molar-refractivity contribution in [1.82, 2.24) is 0 Å². The molecule has 2 N–H and O–H groups in total. The Hall–Kier alpha value is -1.84. The molecule has 74 valence electrons. The molecule has 0 saturated heterocycles. The zero-order valence-electron chi connectivity index (χ0n) is 7.65. The quantitative estimate of drug-likeness (QED) is 0.709. The first kappa shape index (κ1) is 10.2. The molecule has 0 aliphatic heterocycles. The third-order valence-corrected chi connectivity index (χ3v) is 1.80. The number of aromatic hydroxyl groups is 1. The van der Waals surface area contributed by atoms with Crippen LogP contribution < -0.4 is 0 Å². The summed E-state index contributed by atoms with van der Waals surface area (Å²) in [4.78, 5) is 21.3. The fourth-order valence-electron chi connectivity index (χ4n) is 1.16. The number of hydrogen-bond donors (Lipinski definition) is 2. The Kier molecular flexibility index (Phi) is 2.86. The minimum Gasteiger partial charge on any atom is -0.507 e. The lowest BCUT2D eigenvalue weighted by molar-refractivity contribution is -0.136. The summed E-state index contributed by atoms with van der Waals surface area (Å²) >= 11 is 0. The fourth-order valence-corrected chi connectivity index (χ4v) is 1.16. The second-order valence-corrected chi connectivity index (χ2v) is 2.98. The summed E-state index contributed by atoms with van der Waals surface area (Å²) in [5.74, 6) is -1.39. The lowest BCUT2D eigenvalue weighted by atomic mass is 10.1. The maximum absolute atomic E-state index is 10.9. The number of phenolic OH excluding ortho intramolecular Hbond substituents is 1. The van der Waals surface area contributed by atoms with Crippen molar-refractivity contribution in [1.29, 1.82) is 0 Å². The molecule has 1 aromatic rings. The normalized spacial score (nSPS) is 9.79. The highest BCUT2D eigenvalue weighted by atomic mass is 16.4. The Bertz CT molecular complexity index is 382. The second-order valence-electron chi connectivity index (χ2n) is 2.98. The van der Waals surface area contributed by atoms with Crippen molar-refractivity contribution >= 4 is 11.8 Å². The van der Waals surface area contributed by atoms with Gasteiger partial charge in [-0.3, -0.25) is 9.59 Å². The molecule has 4 nitrogen and oxygen atoms in total. The van der Waals surface area contributed by atoms with Crippen molar-refractivity contribution in [2.24, 2.45) is 0 Å². The average molecular weight is 194 g/mol. The van der Waals surface area contributed by atoms with Gasteiger partial charge in [0.05, 0.1) is 12.0 Å². The van der Waals surface area contributed by atoms with Crippen LogP contribution in [0.2, 0.25) is 0 Å². The number of Topliss-reactive ketones (excluding diaryl/α,β-unsaturated/α-hetero) is 1. The van der Waals surface area contributed by atoms with Gasteiger partial charge in [-0.05, 0) is 24.6 Å². The molecule has 0 radical (unpaired) electrons. The number of aliphatic carboxylic acids is 1. The lowest BCUT2D eigenvalue weighted by Crippen LogP contribution is -2.01. The molecule has 4 heteroatoms. The van der Waals surface area contributed by atoms with Crippen molar-refractivity contribution in [3.8, 4) is 5.75 Å². The largest absolute Gasteiger partial charge is 0.507 e. The van der Waals surface area contributed by atoms with E-state index in [4.69, 9.17) is 5.11 Å².